The highest BCUT2D eigenvalue weighted by Crippen LogP contribution is 2.38. The number of carbonyl (C=O) groups is 2. The van der Waals surface area contributed by atoms with Crippen molar-refractivity contribution in [3.05, 3.63) is 94.8 Å². The van der Waals surface area contributed by atoms with Gasteiger partial charge in [-0.3, -0.25) is 13.9 Å². The first kappa shape index (κ1) is 32.9. The summed E-state index contributed by atoms with van der Waals surface area (Å²) in [4.78, 5) is 27.9. The molecule has 3 aromatic rings. The number of nitrogens with zero attached hydrogens (tertiary/aromatic N) is 2. The molecule has 0 aliphatic heterocycles. The van der Waals surface area contributed by atoms with Gasteiger partial charge in [-0.15, -0.1) is 0 Å². The van der Waals surface area contributed by atoms with Gasteiger partial charge in [0.15, 0.2) is 0 Å². The van der Waals surface area contributed by atoms with Crippen LogP contribution in [0, 0.1) is 5.82 Å². The number of anilines is 1. The zero-order valence-corrected chi connectivity index (χ0v) is 24.6. The number of sulfonamides is 1. The predicted octanol–water partition coefficient (Wildman–Crippen LogP) is 6.03. The lowest BCUT2D eigenvalue weighted by Gasteiger charge is -2.33. The largest absolute Gasteiger partial charge is 0.417 e. The molecule has 42 heavy (non-hydrogen) atoms. The number of hydrogen-bond acceptors (Lipinski definition) is 4. The summed E-state index contributed by atoms with van der Waals surface area (Å²) in [5, 5.41) is 2.08. The Labute approximate surface area is 247 Å². The normalized spacial score (nSPS) is 12.6. The molecule has 1 N–H and O–H groups in total. The van der Waals surface area contributed by atoms with Gasteiger partial charge < -0.3 is 10.2 Å². The van der Waals surface area contributed by atoms with Crippen molar-refractivity contribution in [2.24, 2.45) is 0 Å². The second kappa shape index (κ2) is 13.6. The molecule has 0 saturated heterocycles. The summed E-state index contributed by atoms with van der Waals surface area (Å²) in [5.74, 6) is -1.90. The number of hydrogen-bond donors (Lipinski definition) is 1. The first-order valence-corrected chi connectivity index (χ1v) is 14.8. The van der Waals surface area contributed by atoms with E-state index in [0.717, 1.165) is 17.0 Å². The topological polar surface area (TPSA) is 86.8 Å². The summed E-state index contributed by atoms with van der Waals surface area (Å²) in [6.07, 6.45) is -4.77. The minimum absolute atomic E-state index is 0.135. The molecule has 0 bridgehead atoms. The van der Waals surface area contributed by atoms with Gasteiger partial charge in [0.2, 0.25) is 11.8 Å². The third-order valence-electron chi connectivity index (χ3n) is 6.24. The second-order valence-corrected chi connectivity index (χ2v) is 12.0. The van der Waals surface area contributed by atoms with Gasteiger partial charge in [-0.25, -0.2) is 12.8 Å². The molecule has 1 atom stereocenters. The Morgan fingerprint density at radius 2 is 1.60 bits per heavy atom. The molecule has 7 nitrogen and oxygen atoms in total. The van der Waals surface area contributed by atoms with E-state index in [1.165, 1.54) is 48.5 Å². The molecular weight excluding hydrogens is 598 g/mol. The lowest BCUT2D eigenvalue weighted by atomic mass is 10.1. The first-order valence-electron chi connectivity index (χ1n) is 12.9. The van der Waals surface area contributed by atoms with Gasteiger partial charge in [0.1, 0.15) is 18.4 Å². The van der Waals surface area contributed by atoms with Crippen molar-refractivity contribution in [1.29, 1.82) is 0 Å². The molecule has 226 valence electrons. The fraction of sp³-hybridized carbons (Fsp3) is 0.310. The van der Waals surface area contributed by atoms with Crippen molar-refractivity contribution >= 4 is 39.1 Å². The minimum Gasteiger partial charge on any atom is -0.352 e. The SMILES string of the molecule is CCC(C(=O)NC(C)C)N(Cc1ccc(F)cc1)C(=O)CN(c1ccc(Cl)c(C(F)(F)F)c1)S(=O)(=O)c1ccccc1. The summed E-state index contributed by atoms with van der Waals surface area (Å²) in [7, 11) is -4.58. The predicted molar refractivity (Wildman–Crippen MR) is 152 cm³/mol. The molecule has 2 amide bonds. The number of halogens is 5. The average Bonchev–Trinajstić information content (AvgIpc) is 2.92. The Balaban J connectivity index is 2.13. The third-order valence-corrected chi connectivity index (χ3v) is 8.35. The fourth-order valence-electron chi connectivity index (χ4n) is 4.22. The monoisotopic (exact) mass is 627 g/mol. The number of nitrogens with one attached hydrogen (secondary N) is 1. The lowest BCUT2D eigenvalue weighted by molar-refractivity contribution is -0.140. The zero-order chi connectivity index (χ0) is 31.2. The molecule has 0 radical (unpaired) electrons. The van der Waals surface area contributed by atoms with Crippen LogP contribution >= 0.6 is 11.6 Å². The highest BCUT2D eigenvalue weighted by Gasteiger charge is 2.37. The maximum absolute atomic E-state index is 13.9. The molecule has 1 unspecified atom stereocenters. The van der Waals surface area contributed by atoms with Gasteiger partial charge in [0.05, 0.1) is 21.2 Å². The molecule has 0 aromatic heterocycles. The van der Waals surface area contributed by atoms with Crippen molar-refractivity contribution in [1.82, 2.24) is 10.2 Å². The quantitative estimate of drug-likeness (QED) is 0.263. The summed E-state index contributed by atoms with van der Waals surface area (Å²) < 4.78 is 82.8. The van der Waals surface area contributed by atoms with E-state index in [1.807, 2.05) is 0 Å². The summed E-state index contributed by atoms with van der Waals surface area (Å²) in [5.41, 5.74) is -1.29. The van der Waals surface area contributed by atoms with Crippen LogP contribution in [-0.2, 0) is 32.3 Å². The number of benzene rings is 3. The van der Waals surface area contributed by atoms with Gasteiger partial charge in [-0.2, -0.15) is 13.2 Å². The molecule has 0 aliphatic carbocycles. The smallest absolute Gasteiger partial charge is 0.352 e. The van der Waals surface area contributed by atoms with Crippen LogP contribution in [0.5, 0.6) is 0 Å². The van der Waals surface area contributed by atoms with Gasteiger partial charge >= 0.3 is 6.18 Å². The molecule has 13 heteroatoms. The molecule has 3 aromatic carbocycles. The number of rotatable bonds is 11. The molecular formula is C29H30ClF4N3O4S. The summed E-state index contributed by atoms with van der Waals surface area (Å²) in [6, 6.07) is 13.3. The van der Waals surface area contributed by atoms with Crippen LogP contribution in [0.15, 0.2) is 77.7 Å². The average molecular weight is 628 g/mol. The lowest BCUT2D eigenvalue weighted by Crippen LogP contribution is -2.53. The Morgan fingerprint density at radius 1 is 0.976 bits per heavy atom. The summed E-state index contributed by atoms with van der Waals surface area (Å²) >= 11 is 5.78. The standard InChI is InChI=1S/C29H30ClF4N3O4S/c1-4-26(28(39)35-19(2)3)36(17-20-10-12-21(31)13-11-20)27(38)18-37(42(40,41)23-8-6-5-7-9-23)22-14-15-25(30)24(16-22)29(32,33)34/h5-16,19,26H,4,17-18H2,1-3H3,(H,35,39). The minimum atomic E-state index is -4.91. The van der Waals surface area contributed by atoms with Crippen molar-refractivity contribution in [2.45, 2.75) is 56.9 Å². The first-order chi connectivity index (χ1) is 19.6. The van der Waals surface area contributed by atoms with Crippen LogP contribution in [0.4, 0.5) is 23.2 Å². The summed E-state index contributed by atoms with van der Waals surface area (Å²) in [6.45, 7) is 3.97. The Kier molecular flexibility index (Phi) is 10.6. The van der Waals surface area contributed by atoms with Crippen LogP contribution in [0.2, 0.25) is 5.02 Å². The second-order valence-electron chi connectivity index (χ2n) is 9.72. The van der Waals surface area contributed by atoms with Crippen molar-refractivity contribution in [2.75, 3.05) is 10.8 Å². The van der Waals surface area contributed by atoms with E-state index in [1.54, 1.807) is 26.8 Å². The molecule has 0 spiro atoms. The van der Waals surface area contributed by atoms with E-state index in [9.17, 15) is 35.6 Å². The maximum Gasteiger partial charge on any atom is 0.417 e. The van der Waals surface area contributed by atoms with Gasteiger partial charge in [-0.05, 0) is 68.3 Å². The Bertz CT molecular complexity index is 1500. The fourth-order valence-corrected chi connectivity index (χ4v) is 5.87. The molecule has 0 aliphatic rings. The van der Waals surface area contributed by atoms with Crippen molar-refractivity contribution in [3.63, 3.8) is 0 Å². The van der Waals surface area contributed by atoms with Crippen LogP contribution in [0.3, 0.4) is 0 Å². The van der Waals surface area contributed by atoms with Crippen LogP contribution in [-0.4, -0.2) is 43.8 Å². The van der Waals surface area contributed by atoms with E-state index < -0.39 is 62.7 Å². The molecule has 0 heterocycles. The van der Waals surface area contributed by atoms with Gasteiger partial charge in [0.25, 0.3) is 10.0 Å². The highest BCUT2D eigenvalue weighted by atomic mass is 35.5. The van der Waals surface area contributed by atoms with Crippen molar-refractivity contribution in [3.8, 4) is 0 Å². The van der Waals surface area contributed by atoms with E-state index in [-0.39, 0.29) is 23.9 Å². The Hall–Kier alpha value is -3.64. The van der Waals surface area contributed by atoms with Gasteiger partial charge in [0, 0.05) is 12.6 Å². The van der Waals surface area contributed by atoms with Gasteiger partial charge in [-0.1, -0.05) is 48.9 Å². The maximum atomic E-state index is 13.9. The van der Waals surface area contributed by atoms with E-state index >= 15 is 0 Å². The zero-order valence-electron chi connectivity index (χ0n) is 23.0. The molecule has 3 rings (SSSR count). The van der Waals surface area contributed by atoms with Crippen LogP contribution in [0.25, 0.3) is 0 Å². The van der Waals surface area contributed by atoms with Crippen LogP contribution < -0.4 is 9.62 Å². The highest BCUT2D eigenvalue weighted by molar-refractivity contribution is 7.92. The van der Waals surface area contributed by atoms with E-state index in [4.69, 9.17) is 11.6 Å². The molecule has 0 fully saturated rings. The van der Waals surface area contributed by atoms with Crippen LogP contribution in [0.1, 0.15) is 38.3 Å². The molecule has 0 saturated carbocycles. The number of amides is 2. The van der Waals surface area contributed by atoms with Crippen molar-refractivity contribution < 1.29 is 35.6 Å². The van der Waals surface area contributed by atoms with E-state index in [0.29, 0.717) is 15.9 Å². The number of carbonyl (C=O) groups excluding carboxylic acids is 2. The third kappa shape index (κ3) is 8.01. The Morgan fingerprint density at radius 3 is 2.14 bits per heavy atom. The number of alkyl halides is 3. The van der Waals surface area contributed by atoms with E-state index in [2.05, 4.69) is 5.32 Å².